The summed E-state index contributed by atoms with van der Waals surface area (Å²) in [6.07, 6.45) is 4.30. The first kappa shape index (κ1) is 23.4. The molecule has 1 aliphatic rings. The monoisotopic (exact) mass is 389 g/mol. The Kier molecular flexibility index (Phi) is 11.3. The summed E-state index contributed by atoms with van der Waals surface area (Å²) >= 11 is 0. The Hall–Kier alpha value is -2.67. The highest BCUT2D eigenvalue weighted by Crippen LogP contribution is 2.05. The van der Waals surface area contributed by atoms with Crippen molar-refractivity contribution in [3.05, 3.63) is 47.5 Å². The number of carboxylic acid groups (broad SMARTS) is 1. The fraction of sp³-hybridized carbons (Fsp3) is 0.476. The van der Waals surface area contributed by atoms with E-state index in [9.17, 15) is 9.59 Å². The highest BCUT2D eigenvalue weighted by atomic mass is 16.3. The molecule has 7 heteroatoms. The van der Waals surface area contributed by atoms with Crippen molar-refractivity contribution in [2.45, 2.75) is 26.7 Å². The molecule has 0 unspecified atom stereocenters. The normalized spacial score (nSPS) is 14.1. The van der Waals surface area contributed by atoms with Crippen LogP contribution in [0.2, 0.25) is 0 Å². The molecule has 0 saturated carbocycles. The van der Waals surface area contributed by atoms with Crippen molar-refractivity contribution in [2.24, 2.45) is 0 Å². The lowest BCUT2D eigenvalue weighted by molar-refractivity contribution is -0.130. The number of nitrogens with zero attached hydrogens (tertiary/aromatic N) is 2. The molecule has 1 aromatic carbocycles. The molecule has 1 saturated heterocycles. The van der Waals surface area contributed by atoms with Crippen LogP contribution in [0, 0.1) is 0 Å². The van der Waals surface area contributed by atoms with Gasteiger partial charge in [-0.05, 0) is 45.4 Å². The summed E-state index contributed by atoms with van der Waals surface area (Å²) in [6, 6.07) is 8.99. The van der Waals surface area contributed by atoms with Crippen molar-refractivity contribution in [3.63, 3.8) is 0 Å². The van der Waals surface area contributed by atoms with Gasteiger partial charge in [-0.25, -0.2) is 0 Å². The van der Waals surface area contributed by atoms with E-state index in [0.717, 1.165) is 45.6 Å². The fourth-order valence-electron chi connectivity index (χ4n) is 2.94. The average molecular weight is 389 g/mol. The number of nitrogens with one attached hydrogen (secondary N) is 1. The third-order valence-corrected chi connectivity index (χ3v) is 4.38. The molecule has 2 amide bonds. The summed E-state index contributed by atoms with van der Waals surface area (Å²) in [5.41, 5.74) is 1.93. The van der Waals surface area contributed by atoms with Crippen LogP contribution in [0.15, 0.2) is 42.0 Å². The quantitative estimate of drug-likeness (QED) is 0.574. The minimum absolute atomic E-state index is 0.00423. The van der Waals surface area contributed by atoms with Crippen LogP contribution in [0.1, 0.15) is 37.0 Å². The molecule has 28 heavy (non-hydrogen) atoms. The van der Waals surface area contributed by atoms with Crippen molar-refractivity contribution in [1.29, 1.82) is 0 Å². The number of allylic oxidation sites excluding steroid dienone is 1. The van der Waals surface area contributed by atoms with Crippen LogP contribution in [0.4, 0.5) is 0 Å². The predicted octanol–water partition coefficient (Wildman–Crippen LogP) is 2.01. The highest BCUT2D eigenvalue weighted by Gasteiger charge is 2.19. The maximum absolute atomic E-state index is 12.4. The van der Waals surface area contributed by atoms with Gasteiger partial charge in [0.05, 0.1) is 6.54 Å². The van der Waals surface area contributed by atoms with E-state index in [-0.39, 0.29) is 24.8 Å². The van der Waals surface area contributed by atoms with Crippen molar-refractivity contribution >= 4 is 18.3 Å². The summed E-state index contributed by atoms with van der Waals surface area (Å²) in [7, 11) is 0. The largest absolute Gasteiger partial charge is 0.483 e. The Morgan fingerprint density at radius 2 is 1.79 bits per heavy atom. The molecular formula is C21H31N3O4. The summed E-state index contributed by atoms with van der Waals surface area (Å²) in [5.74, 6) is -0.206. The van der Waals surface area contributed by atoms with Crippen molar-refractivity contribution in [2.75, 3.05) is 39.3 Å². The third-order valence-electron chi connectivity index (χ3n) is 4.38. The Labute approximate surface area is 167 Å². The van der Waals surface area contributed by atoms with E-state index in [4.69, 9.17) is 9.90 Å². The fourth-order valence-corrected chi connectivity index (χ4v) is 2.94. The van der Waals surface area contributed by atoms with Gasteiger partial charge in [-0.2, -0.15) is 0 Å². The molecule has 2 rings (SSSR count). The zero-order valence-corrected chi connectivity index (χ0v) is 16.8. The number of amides is 2. The van der Waals surface area contributed by atoms with Gasteiger partial charge in [-0.15, -0.1) is 0 Å². The highest BCUT2D eigenvalue weighted by molar-refractivity contribution is 5.96. The molecule has 7 nitrogen and oxygen atoms in total. The zero-order valence-electron chi connectivity index (χ0n) is 16.8. The van der Waals surface area contributed by atoms with Gasteiger partial charge in [0.2, 0.25) is 5.91 Å². The number of carbonyl (C=O) groups excluding carboxylic acids is 2. The Bertz CT molecular complexity index is 642. The minimum Gasteiger partial charge on any atom is -0.483 e. The van der Waals surface area contributed by atoms with E-state index in [1.54, 1.807) is 12.1 Å². The Balaban J connectivity index is 0.00000122. The van der Waals surface area contributed by atoms with E-state index in [0.29, 0.717) is 5.56 Å². The molecule has 1 aliphatic heterocycles. The molecule has 0 radical (unpaired) electrons. The van der Waals surface area contributed by atoms with Crippen LogP contribution in [0.5, 0.6) is 0 Å². The lowest BCUT2D eigenvalue weighted by Gasteiger charge is -2.22. The summed E-state index contributed by atoms with van der Waals surface area (Å²) in [4.78, 5) is 37.0. The topological polar surface area (TPSA) is 90.0 Å². The van der Waals surface area contributed by atoms with Crippen LogP contribution < -0.4 is 5.32 Å². The first-order valence-corrected chi connectivity index (χ1v) is 9.52. The van der Waals surface area contributed by atoms with E-state index < -0.39 is 0 Å². The van der Waals surface area contributed by atoms with Gasteiger partial charge in [-0.1, -0.05) is 29.8 Å². The van der Waals surface area contributed by atoms with E-state index in [2.05, 4.69) is 30.1 Å². The molecule has 0 bridgehead atoms. The van der Waals surface area contributed by atoms with Crippen molar-refractivity contribution < 1.29 is 19.5 Å². The Morgan fingerprint density at radius 1 is 1.11 bits per heavy atom. The molecule has 0 atom stereocenters. The number of hydrogen-bond acceptors (Lipinski definition) is 4. The van der Waals surface area contributed by atoms with Crippen molar-refractivity contribution in [1.82, 2.24) is 15.1 Å². The first-order valence-electron chi connectivity index (χ1n) is 9.52. The Morgan fingerprint density at radius 3 is 2.43 bits per heavy atom. The number of carbonyl (C=O) groups is 3. The lowest BCUT2D eigenvalue weighted by Crippen LogP contribution is -2.42. The van der Waals surface area contributed by atoms with Crippen LogP contribution in [-0.4, -0.2) is 72.5 Å². The maximum Gasteiger partial charge on any atom is 0.290 e. The van der Waals surface area contributed by atoms with Crippen LogP contribution in [0.25, 0.3) is 0 Å². The second-order valence-electron chi connectivity index (χ2n) is 6.80. The van der Waals surface area contributed by atoms with E-state index in [1.165, 1.54) is 5.57 Å². The van der Waals surface area contributed by atoms with Gasteiger partial charge in [0.25, 0.3) is 12.4 Å². The summed E-state index contributed by atoms with van der Waals surface area (Å²) in [5, 5.41) is 9.61. The molecular weight excluding hydrogens is 358 g/mol. The summed E-state index contributed by atoms with van der Waals surface area (Å²) < 4.78 is 0. The molecule has 0 aliphatic carbocycles. The van der Waals surface area contributed by atoms with Gasteiger partial charge in [0, 0.05) is 31.7 Å². The third kappa shape index (κ3) is 9.32. The molecule has 2 N–H and O–H groups in total. The molecule has 154 valence electrons. The molecule has 1 aromatic rings. The molecule has 1 fully saturated rings. The van der Waals surface area contributed by atoms with Gasteiger partial charge in [0.1, 0.15) is 0 Å². The summed E-state index contributed by atoms with van der Waals surface area (Å²) in [6.45, 7) is 8.50. The molecule has 0 spiro atoms. The molecule has 0 aromatic heterocycles. The van der Waals surface area contributed by atoms with Gasteiger partial charge >= 0.3 is 0 Å². The second-order valence-corrected chi connectivity index (χ2v) is 6.80. The van der Waals surface area contributed by atoms with Crippen LogP contribution in [0.3, 0.4) is 0 Å². The minimum atomic E-state index is -0.250. The SMILES string of the molecule is CC(C)=CCCN1CCCN(C(=O)CNC(=O)c2ccccc2)CC1.O=CO. The van der Waals surface area contributed by atoms with Gasteiger partial charge < -0.3 is 20.2 Å². The van der Waals surface area contributed by atoms with Crippen molar-refractivity contribution in [3.8, 4) is 0 Å². The van der Waals surface area contributed by atoms with Gasteiger partial charge in [-0.3, -0.25) is 14.4 Å². The smallest absolute Gasteiger partial charge is 0.290 e. The maximum atomic E-state index is 12.4. The van der Waals surface area contributed by atoms with E-state index >= 15 is 0 Å². The number of rotatable bonds is 6. The predicted molar refractivity (Wildman–Crippen MR) is 109 cm³/mol. The van der Waals surface area contributed by atoms with Crippen LogP contribution >= 0.6 is 0 Å². The molecule has 1 heterocycles. The lowest BCUT2D eigenvalue weighted by atomic mass is 10.2. The number of hydrogen-bond donors (Lipinski definition) is 2. The number of benzene rings is 1. The van der Waals surface area contributed by atoms with Crippen LogP contribution in [-0.2, 0) is 9.59 Å². The first-order chi connectivity index (χ1) is 13.5. The second kappa shape index (κ2) is 13.5. The van der Waals surface area contributed by atoms with E-state index in [1.807, 2.05) is 23.1 Å². The van der Waals surface area contributed by atoms with Gasteiger partial charge in [0.15, 0.2) is 0 Å². The average Bonchev–Trinajstić information content (AvgIpc) is 2.93. The standard InChI is InChI=1S/C20H29N3O2.CH2O2/c1-17(2)8-6-11-22-12-7-13-23(15-14-22)19(24)16-21-20(25)18-9-4-3-5-10-18;2-1-3/h3-5,8-10H,6-7,11-16H2,1-2H3,(H,21,25);1H,(H,2,3). The zero-order chi connectivity index (χ0) is 20.8.